The van der Waals surface area contributed by atoms with Crippen LogP contribution in [0.5, 0.6) is 0 Å². The van der Waals surface area contributed by atoms with Gasteiger partial charge in [-0.05, 0) is 38.0 Å². The fraction of sp³-hybridized carbons (Fsp3) is 0.909. The Kier molecular flexibility index (Phi) is 2.52. The maximum Gasteiger partial charge on any atom is 0.326 e. The normalized spacial score (nSPS) is 25.6. The first-order valence-electron chi connectivity index (χ1n) is 5.57. The van der Waals surface area contributed by atoms with E-state index in [0.717, 1.165) is 25.2 Å². The standard InChI is InChI=1S/C11H19NO2/c1-11(12,9-4-5-9)10(13)14-7-6-8-2-3-8/h8-9H,2-7,12H2,1H3. The second-order valence-electron chi connectivity index (χ2n) is 4.92. The molecule has 2 aliphatic carbocycles. The van der Waals surface area contributed by atoms with Gasteiger partial charge in [0.25, 0.3) is 0 Å². The van der Waals surface area contributed by atoms with Crippen molar-refractivity contribution in [2.24, 2.45) is 17.6 Å². The molecule has 3 nitrogen and oxygen atoms in total. The molecule has 2 rings (SSSR count). The van der Waals surface area contributed by atoms with Crippen molar-refractivity contribution in [3.8, 4) is 0 Å². The highest BCUT2D eigenvalue weighted by Gasteiger charge is 2.45. The topological polar surface area (TPSA) is 52.3 Å². The van der Waals surface area contributed by atoms with E-state index in [1.807, 2.05) is 0 Å². The minimum Gasteiger partial charge on any atom is -0.464 e. The highest BCUT2D eigenvalue weighted by atomic mass is 16.5. The fourth-order valence-corrected chi connectivity index (χ4v) is 1.73. The molecule has 3 heteroatoms. The van der Waals surface area contributed by atoms with Crippen LogP contribution in [0, 0.1) is 11.8 Å². The number of carbonyl (C=O) groups excluding carboxylic acids is 1. The zero-order valence-electron chi connectivity index (χ0n) is 8.79. The minimum atomic E-state index is -0.733. The first-order chi connectivity index (χ1) is 6.60. The van der Waals surface area contributed by atoms with Crippen molar-refractivity contribution < 1.29 is 9.53 Å². The maximum absolute atomic E-state index is 11.6. The lowest BCUT2D eigenvalue weighted by Gasteiger charge is -2.21. The van der Waals surface area contributed by atoms with Crippen LogP contribution in [0.4, 0.5) is 0 Å². The predicted octanol–water partition coefficient (Wildman–Crippen LogP) is 1.46. The van der Waals surface area contributed by atoms with Crippen LogP contribution in [-0.2, 0) is 9.53 Å². The number of nitrogens with two attached hydrogens (primary N) is 1. The fourth-order valence-electron chi connectivity index (χ4n) is 1.73. The summed E-state index contributed by atoms with van der Waals surface area (Å²) >= 11 is 0. The van der Waals surface area contributed by atoms with Gasteiger partial charge in [0.1, 0.15) is 5.54 Å². The van der Waals surface area contributed by atoms with Crippen LogP contribution in [0.15, 0.2) is 0 Å². The number of carbonyl (C=O) groups is 1. The van der Waals surface area contributed by atoms with Gasteiger partial charge in [-0.3, -0.25) is 4.79 Å². The molecule has 2 N–H and O–H groups in total. The summed E-state index contributed by atoms with van der Waals surface area (Å²) in [5.74, 6) is 0.962. The number of esters is 1. The molecular formula is C11H19NO2. The number of rotatable bonds is 5. The lowest BCUT2D eigenvalue weighted by molar-refractivity contribution is -0.150. The Morgan fingerprint density at radius 2 is 2.07 bits per heavy atom. The first-order valence-corrected chi connectivity index (χ1v) is 5.57. The van der Waals surface area contributed by atoms with Crippen LogP contribution in [0.25, 0.3) is 0 Å². The first kappa shape index (κ1) is 9.97. The van der Waals surface area contributed by atoms with Gasteiger partial charge in [0.15, 0.2) is 0 Å². The van der Waals surface area contributed by atoms with E-state index in [1.165, 1.54) is 12.8 Å². The van der Waals surface area contributed by atoms with E-state index >= 15 is 0 Å². The van der Waals surface area contributed by atoms with Gasteiger partial charge in [-0.2, -0.15) is 0 Å². The number of hydrogen-bond acceptors (Lipinski definition) is 3. The number of hydrogen-bond donors (Lipinski definition) is 1. The summed E-state index contributed by atoms with van der Waals surface area (Å²) in [6.45, 7) is 2.35. The van der Waals surface area contributed by atoms with Crippen LogP contribution in [0.1, 0.15) is 39.0 Å². The highest BCUT2D eigenvalue weighted by molar-refractivity contribution is 5.80. The molecule has 0 saturated heterocycles. The molecule has 0 radical (unpaired) electrons. The molecule has 0 bridgehead atoms. The Hall–Kier alpha value is -0.570. The third kappa shape index (κ3) is 2.27. The highest BCUT2D eigenvalue weighted by Crippen LogP contribution is 2.39. The molecule has 0 aliphatic heterocycles. The molecule has 0 amide bonds. The van der Waals surface area contributed by atoms with Gasteiger partial charge < -0.3 is 10.5 Å². The van der Waals surface area contributed by atoms with Crippen LogP contribution in [0.3, 0.4) is 0 Å². The van der Waals surface area contributed by atoms with Crippen molar-refractivity contribution >= 4 is 5.97 Å². The van der Waals surface area contributed by atoms with E-state index < -0.39 is 5.54 Å². The molecule has 0 spiro atoms. The Bertz CT molecular complexity index is 229. The molecule has 0 aromatic carbocycles. The van der Waals surface area contributed by atoms with E-state index in [1.54, 1.807) is 6.92 Å². The van der Waals surface area contributed by atoms with Crippen LogP contribution < -0.4 is 5.73 Å². The van der Waals surface area contributed by atoms with E-state index in [0.29, 0.717) is 12.5 Å². The molecule has 80 valence electrons. The molecule has 2 aliphatic rings. The molecule has 14 heavy (non-hydrogen) atoms. The smallest absolute Gasteiger partial charge is 0.326 e. The average Bonchev–Trinajstić information content (AvgIpc) is 2.98. The lowest BCUT2D eigenvalue weighted by Crippen LogP contribution is -2.48. The summed E-state index contributed by atoms with van der Waals surface area (Å²) in [6.07, 6.45) is 5.78. The summed E-state index contributed by atoms with van der Waals surface area (Å²) in [7, 11) is 0. The van der Waals surface area contributed by atoms with E-state index in [2.05, 4.69) is 0 Å². The van der Waals surface area contributed by atoms with Crippen molar-refractivity contribution in [2.75, 3.05) is 6.61 Å². The zero-order valence-corrected chi connectivity index (χ0v) is 8.79. The van der Waals surface area contributed by atoms with Gasteiger partial charge in [0, 0.05) is 0 Å². The Morgan fingerprint density at radius 1 is 1.43 bits per heavy atom. The molecule has 1 atom stereocenters. The summed E-state index contributed by atoms with van der Waals surface area (Å²) in [4.78, 5) is 11.6. The summed E-state index contributed by atoms with van der Waals surface area (Å²) in [6, 6.07) is 0. The van der Waals surface area contributed by atoms with Crippen molar-refractivity contribution in [1.29, 1.82) is 0 Å². The van der Waals surface area contributed by atoms with Crippen LogP contribution in [-0.4, -0.2) is 18.1 Å². The Morgan fingerprint density at radius 3 is 2.57 bits per heavy atom. The van der Waals surface area contributed by atoms with E-state index in [9.17, 15) is 4.79 Å². The Balaban J connectivity index is 1.70. The second-order valence-corrected chi connectivity index (χ2v) is 4.92. The SMILES string of the molecule is CC(N)(C(=O)OCCC1CC1)C1CC1. The molecule has 2 saturated carbocycles. The van der Waals surface area contributed by atoms with Crippen molar-refractivity contribution in [3.63, 3.8) is 0 Å². The summed E-state index contributed by atoms with van der Waals surface area (Å²) in [5.41, 5.74) is 5.19. The quantitative estimate of drug-likeness (QED) is 0.679. The van der Waals surface area contributed by atoms with Gasteiger partial charge in [0.2, 0.25) is 0 Å². The monoisotopic (exact) mass is 197 g/mol. The van der Waals surface area contributed by atoms with Gasteiger partial charge in [0.05, 0.1) is 6.61 Å². The van der Waals surface area contributed by atoms with Crippen LogP contribution in [0.2, 0.25) is 0 Å². The Labute approximate surface area is 85.0 Å². The molecular weight excluding hydrogens is 178 g/mol. The maximum atomic E-state index is 11.6. The summed E-state index contributed by atoms with van der Waals surface area (Å²) < 4.78 is 5.20. The average molecular weight is 197 g/mol. The van der Waals surface area contributed by atoms with E-state index in [-0.39, 0.29) is 5.97 Å². The molecule has 0 aromatic rings. The molecule has 1 unspecified atom stereocenters. The second kappa shape index (κ2) is 3.54. The largest absolute Gasteiger partial charge is 0.464 e. The van der Waals surface area contributed by atoms with Gasteiger partial charge in [-0.1, -0.05) is 12.8 Å². The molecule has 2 fully saturated rings. The minimum absolute atomic E-state index is 0.208. The molecule has 0 heterocycles. The third-order valence-corrected chi connectivity index (χ3v) is 3.32. The van der Waals surface area contributed by atoms with Gasteiger partial charge in [-0.25, -0.2) is 0 Å². The lowest BCUT2D eigenvalue weighted by atomic mass is 9.98. The van der Waals surface area contributed by atoms with E-state index in [4.69, 9.17) is 10.5 Å². The van der Waals surface area contributed by atoms with Gasteiger partial charge >= 0.3 is 5.97 Å². The van der Waals surface area contributed by atoms with Gasteiger partial charge in [-0.15, -0.1) is 0 Å². The predicted molar refractivity (Wildman–Crippen MR) is 53.6 cm³/mol. The van der Waals surface area contributed by atoms with Crippen molar-refractivity contribution in [2.45, 2.75) is 44.6 Å². The third-order valence-electron chi connectivity index (χ3n) is 3.32. The zero-order chi connectivity index (χ0) is 10.2. The van der Waals surface area contributed by atoms with Crippen LogP contribution >= 0.6 is 0 Å². The number of ether oxygens (including phenoxy) is 1. The summed E-state index contributed by atoms with van der Waals surface area (Å²) in [5, 5.41) is 0. The van der Waals surface area contributed by atoms with Crippen molar-refractivity contribution in [1.82, 2.24) is 0 Å². The van der Waals surface area contributed by atoms with Crippen molar-refractivity contribution in [3.05, 3.63) is 0 Å². The molecule has 0 aromatic heterocycles.